The zero-order valence-electron chi connectivity index (χ0n) is 12.2. The highest BCUT2D eigenvalue weighted by molar-refractivity contribution is 9.10. The molecule has 2 unspecified atom stereocenters. The minimum atomic E-state index is -0.207. The van der Waals surface area contributed by atoms with Crippen LogP contribution < -0.4 is 10.5 Å². The van der Waals surface area contributed by atoms with Crippen molar-refractivity contribution in [2.75, 3.05) is 0 Å². The van der Waals surface area contributed by atoms with Crippen molar-refractivity contribution in [3.05, 3.63) is 64.1 Å². The van der Waals surface area contributed by atoms with Crippen molar-refractivity contribution in [2.45, 2.75) is 37.8 Å². The third-order valence-electron chi connectivity index (χ3n) is 4.30. The summed E-state index contributed by atoms with van der Waals surface area (Å²) in [4.78, 5) is 0. The predicted molar refractivity (Wildman–Crippen MR) is 89.5 cm³/mol. The smallest absolute Gasteiger partial charge is 0.125 e. The van der Waals surface area contributed by atoms with E-state index in [1.807, 2.05) is 18.2 Å². The molecule has 2 aromatic carbocycles. The fraction of sp³-hybridized carbons (Fsp3) is 0.333. The molecule has 0 bridgehead atoms. The van der Waals surface area contributed by atoms with Crippen LogP contribution in [0.2, 0.25) is 0 Å². The zero-order valence-corrected chi connectivity index (χ0v) is 13.8. The quantitative estimate of drug-likeness (QED) is 0.880. The van der Waals surface area contributed by atoms with Crippen molar-refractivity contribution in [2.24, 2.45) is 5.73 Å². The molecular weight excluding hydrogens is 326 g/mol. The Kier molecular flexibility index (Phi) is 4.05. The van der Waals surface area contributed by atoms with E-state index in [2.05, 4.69) is 53.2 Å². The highest BCUT2D eigenvalue weighted by atomic mass is 79.9. The van der Waals surface area contributed by atoms with Gasteiger partial charge in [0.05, 0.1) is 0 Å². The maximum atomic E-state index is 6.42. The largest absolute Gasteiger partial charge is 0.487 e. The SMILES string of the molecule is CCC1(Cc2ccccc2)CC(N)c2cc(Br)ccc2O1. The van der Waals surface area contributed by atoms with Crippen LogP contribution in [0, 0.1) is 0 Å². The number of hydrogen-bond donors (Lipinski definition) is 1. The molecule has 2 aromatic rings. The van der Waals surface area contributed by atoms with Gasteiger partial charge in [-0.1, -0.05) is 53.2 Å². The minimum absolute atomic E-state index is 0.0231. The van der Waals surface area contributed by atoms with Crippen LogP contribution in [0.4, 0.5) is 0 Å². The van der Waals surface area contributed by atoms with Crippen LogP contribution in [0.15, 0.2) is 53.0 Å². The Morgan fingerprint density at radius 1 is 1.24 bits per heavy atom. The van der Waals surface area contributed by atoms with Gasteiger partial charge in [-0.2, -0.15) is 0 Å². The lowest BCUT2D eigenvalue weighted by molar-refractivity contribution is 0.0321. The Hall–Kier alpha value is -1.32. The summed E-state index contributed by atoms with van der Waals surface area (Å²) in [6.45, 7) is 2.18. The Morgan fingerprint density at radius 3 is 2.71 bits per heavy atom. The minimum Gasteiger partial charge on any atom is -0.487 e. The van der Waals surface area contributed by atoms with E-state index in [0.29, 0.717) is 0 Å². The summed E-state index contributed by atoms with van der Waals surface area (Å²) in [5.74, 6) is 0.926. The lowest BCUT2D eigenvalue weighted by atomic mass is 9.81. The molecular formula is C18H20BrNO. The molecule has 1 heterocycles. The maximum absolute atomic E-state index is 6.42. The summed E-state index contributed by atoms with van der Waals surface area (Å²) < 4.78 is 7.45. The van der Waals surface area contributed by atoms with Crippen LogP contribution in [-0.4, -0.2) is 5.60 Å². The van der Waals surface area contributed by atoms with E-state index < -0.39 is 0 Å². The fourth-order valence-corrected chi connectivity index (χ4v) is 3.48. The molecule has 0 saturated carbocycles. The van der Waals surface area contributed by atoms with Crippen LogP contribution in [0.1, 0.15) is 36.9 Å². The highest BCUT2D eigenvalue weighted by Gasteiger charge is 2.38. The molecule has 0 amide bonds. The lowest BCUT2D eigenvalue weighted by Gasteiger charge is -2.41. The first kappa shape index (κ1) is 14.6. The molecule has 0 fully saturated rings. The van der Waals surface area contributed by atoms with Gasteiger partial charge in [0.25, 0.3) is 0 Å². The van der Waals surface area contributed by atoms with Gasteiger partial charge in [-0.3, -0.25) is 0 Å². The standard InChI is InChI=1S/C18H20BrNO/c1-2-18(11-13-6-4-3-5-7-13)12-16(20)15-10-14(19)8-9-17(15)21-18/h3-10,16H,2,11-12,20H2,1H3. The first-order valence-electron chi connectivity index (χ1n) is 7.40. The summed E-state index contributed by atoms with van der Waals surface area (Å²) in [7, 11) is 0. The number of benzene rings is 2. The molecule has 2 atom stereocenters. The summed E-state index contributed by atoms with van der Waals surface area (Å²) in [6.07, 6.45) is 2.69. The van der Waals surface area contributed by atoms with E-state index in [1.165, 1.54) is 5.56 Å². The van der Waals surface area contributed by atoms with Crippen molar-refractivity contribution in [1.29, 1.82) is 0 Å². The van der Waals surface area contributed by atoms with E-state index in [4.69, 9.17) is 10.5 Å². The van der Waals surface area contributed by atoms with Crippen LogP contribution in [0.3, 0.4) is 0 Å². The highest BCUT2D eigenvalue weighted by Crippen LogP contribution is 2.42. The number of hydrogen-bond acceptors (Lipinski definition) is 2. The van der Waals surface area contributed by atoms with Gasteiger partial charge in [0.15, 0.2) is 0 Å². The second-order valence-corrected chi connectivity index (χ2v) is 6.71. The van der Waals surface area contributed by atoms with Crippen molar-refractivity contribution in [3.63, 3.8) is 0 Å². The van der Waals surface area contributed by atoms with E-state index >= 15 is 0 Å². The van der Waals surface area contributed by atoms with Crippen LogP contribution in [0.25, 0.3) is 0 Å². The van der Waals surface area contributed by atoms with Gasteiger partial charge in [0.2, 0.25) is 0 Å². The van der Waals surface area contributed by atoms with Gasteiger partial charge >= 0.3 is 0 Å². The molecule has 1 aliphatic heterocycles. The van der Waals surface area contributed by atoms with Gasteiger partial charge in [0, 0.05) is 28.9 Å². The maximum Gasteiger partial charge on any atom is 0.125 e. The Morgan fingerprint density at radius 2 is 2.00 bits per heavy atom. The summed E-state index contributed by atoms with van der Waals surface area (Å²) in [6, 6.07) is 16.6. The number of ether oxygens (including phenoxy) is 1. The Balaban J connectivity index is 1.92. The molecule has 0 radical (unpaired) electrons. The molecule has 21 heavy (non-hydrogen) atoms. The number of fused-ring (bicyclic) bond motifs is 1. The van der Waals surface area contributed by atoms with Gasteiger partial charge in [0.1, 0.15) is 11.4 Å². The molecule has 3 rings (SSSR count). The second-order valence-electron chi connectivity index (χ2n) is 5.79. The number of nitrogens with two attached hydrogens (primary N) is 1. The Bertz CT molecular complexity index is 628. The molecule has 1 aliphatic rings. The van der Waals surface area contributed by atoms with Gasteiger partial charge in [-0.05, 0) is 30.2 Å². The lowest BCUT2D eigenvalue weighted by Crippen LogP contribution is -2.44. The first-order valence-corrected chi connectivity index (χ1v) is 8.19. The normalized spacial score (nSPS) is 24.2. The van der Waals surface area contributed by atoms with Crippen molar-refractivity contribution >= 4 is 15.9 Å². The molecule has 110 valence electrons. The monoisotopic (exact) mass is 345 g/mol. The topological polar surface area (TPSA) is 35.2 Å². The Labute approximate surface area is 134 Å². The average molecular weight is 346 g/mol. The van der Waals surface area contributed by atoms with Crippen molar-refractivity contribution in [3.8, 4) is 5.75 Å². The average Bonchev–Trinajstić information content (AvgIpc) is 2.49. The number of halogens is 1. The third kappa shape index (κ3) is 2.99. The molecule has 2 nitrogen and oxygen atoms in total. The first-order chi connectivity index (χ1) is 10.1. The van der Waals surface area contributed by atoms with E-state index in [1.54, 1.807) is 0 Å². The summed E-state index contributed by atoms with van der Waals surface area (Å²) >= 11 is 3.51. The molecule has 3 heteroatoms. The predicted octanol–water partition coefficient (Wildman–Crippen LogP) is 4.62. The van der Waals surface area contributed by atoms with E-state index in [9.17, 15) is 0 Å². The van der Waals surface area contributed by atoms with Gasteiger partial charge in [-0.25, -0.2) is 0 Å². The van der Waals surface area contributed by atoms with Gasteiger partial charge in [-0.15, -0.1) is 0 Å². The molecule has 0 aromatic heterocycles. The van der Waals surface area contributed by atoms with Gasteiger partial charge < -0.3 is 10.5 Å². The van der Waals surface area contributed by atoms with E-state index in [0.717, 1.165) is 35.0 Å². The summed E-state index contributed by atoms with van der Waals surface area (Å²) in [5.41, 5.74) is 8.61. The van der Waals surface area contributed by atoms with Crippen molar-refractivity contribution < 1.29 is 4.74 Å². The van der Waals surface area contributed by atoms with E-state index in [-0.39, 0.29) is 11.6 Å². The molecule has 2 N–H and O–H groups in total. The molecule has 0 spiro atoms. The number of rotatable bonds is 3. The van der Waals surface area contributed by atoms with Crippen LogP contribution >= 0.6 is 15.9 Å². The fourth-order valence-electron chi connectivity index (χ4n) is 3.11. The van der Waals surface area contributed by atoms with Crippen molar-refractivity contribution in [1.82, 2.24) is 0 Å². The van der Waals surface area contributed by atoms with Crippen LogP contribution in [-0.2, 0) is 6.42 Å². The summed E-state index contributed by atoms with van der Waals surface area (Å²) in [5, 5.41) is 0. The second kappa shape index (κ2) is 5.82. The molecule has 0 saturated heterocycles. The zero-order chi connectivity index (χ0) is 14.9. The molecule has 0 aliphatic carbocycles. The third-order valence-corrected chi connectivity index (χ3v) is 4.80. The van der Waals surface area contributed by atoms with Crippen LogP contribution in [0.5, 0.6) is 5.75 Å².